The first-order valence-electron chi connectivity index (χ1n) is 5.56. The zero-order chi connectivity index (χ0) is 11.8. The van der Waals surface area contributed by atoms with E-state index in [-0.39, 0.29) is 13.2 Å². The van der Waals surface area contributed by atoms with Crippen molar-refractivity contribution in [3.8, 4) is 11.8 Å². The minimum atomic E-state index is 0.0248. The monoisotopic (exact) mass is 218 g/mol. The normalized spacial score (nSPS) is 11.7. The summed E-state index contributed by atoms with van der Waals surface area (Å²) < 4.78 is 0. The van der Waals surface area contributed by atoms with E-state index in [0.717, 1.165) is 24.0 Å². The number of aliphatic hydroxyl groups excluding tert-OH is 2. The Morgan fingerprint density at radius 1 is 1.25 bits per heavy atom. The highest BCUT2D eigenvalue weighted by Crippen LogP contribution is 2.08. The third-order valence-electron chi connectivity index (χ3n) is 2.48. The molecule has 0 aliphatic rings. The maximum absolute atomic E-state index is 9.11. The number of aliphatic hydroxyl groups is 2. The highest BCUT2D eigenvalue weighted by Gasteiger charge is 1.98. The molecule has 1 rings (SSSR count). The molecule has 0 spiro atoms. The molecule has 1 atom stereocenters. The van der Waals surface area contributed by atoms with Crippen molar-refractivity contribution in [3.63, 3.8) is 0 Å². The van der Waals surface area contributed by atoms with E-state index in [0.29, 0.717) is 5.92 Å². The summed E-state index contributed by atoms with van der Waals surface area (Å²) in [6.07, 6.45) is 1.57. The first-order chi connectivity index (χ1) is 7.77. The third-order valence-corrected chi connectivity index (χ3v) is 2.48. The Bertz CT molecular complexity index is 374. The van der Waals surface area contributed by atoms with Crippen LogP contribution < -0.4 is 0 Å². The smallest absolute Gasteiger partial charge is 0.0694 e. The Labute approximate surface area is 96.9 Å². The molecule has 86 valence electrons. The van der Waals surface area contributed by atoms with E-state index in [9.17, 15) is 0 Å². The van der Waals surface area contributed by atoms with E-state index in [2.05, 4.69) is 18.8 Å². The number of rotatable bonds is 4. The molecule has 0 aliphatic carbocycles. The van der Waals surface area contributed by atoms with Crippen LogP contribution in [0.5, 0.6) is 0 Å². The van der Waals surface area contributed by atoms with Gasteiger partial charge in [0.2, 0.25) is 0 Å². The van der Waals surface area contributed by atoms with Crippen LogP contribution in [0.1, 0.15) is 30.9 Å². The van der Waals surface area contributed by atoms with E-state index in [4.69, 9.17) is 10.2 Å². The third kappa shape index (κ3) is 4.06. The van der Waals surface area contributed by atoms with Crippen molar-refractivity contribution in [2.24, 2.45) is 5.92 Å². The zero-order valence-corrected chi connectivity index (χ0v) is 9.61. The van der Waals surface area contributed by atoms with Gasteiger partial charge in [0.25, 0.3) is 0 Å². The molecule has 2 nitrogen and oxygen atoms in total. The van der Waals surface area contributed by atoms with Gasteiger partial charge in [-0.1, -0.05) is 37.0 Å². The van der Waals surface area contributed by atoms with Crippen LogP contribution in [0.15, 0.2) is 24.3 Å². The van der Waals surface area contributed by atoms with Crippen LogP contribution in [0.3, 0.4) is 0 Å². The van der Waals surface area contributed by atoms with E-state index < -0.39 is 0 Å². The molecule has 0 aliphatic heterocycles. The fraction of sp³-hybridized carbons (Fsp3) is 0.429. The zero-order valence-electron chi connectivity index (χ0n) is 9.61. The Kier molecular flexibility index (Phi) is 5.63. The van der Waals surface area contributed by atoms with Gasteiger partial charge in [-0.05, 0) is 24.0 Å². The number of benzene rings is 1. The van der Waals surface area contributed by atoms with Gasteiger partial charge in [-0.25, -0.2) is 0 Å². The van der Waals surface area contributed by atoms with Gasteiger partial charge < -0.3 is 10.2 Å². The van der Waals surface area contributed by atoms with Gasteiger partial charge in [0, 0.05) is 18.6 Å². The Morgan fingerprint density at radius 3 is 2.69 bits per heavy atom. The quantitative estimate of drug-likeness (QED) is 0.758. The summed E-state index contributed by atoms with van der Waals surface area (Å²) in [5.74, 6) is 6.57. The molecular formula is C14H18O2. The van der Waals surface area contributed by atoms with Crippen molar-refractivity contribution in [3.05, 3.63) is 35.4 Å². The number of hydrogen-bond donors (Lipinski definition) is 2. The number of hydrogen-bond acceptors (Lipinski definition) is 2. The molecule has 0 radical (unpaired) electrons. The second kappa shape index (κ2) is 7.05. The van der Waals surface area contributed by atoms with Gasteiger partial charge in [0.1, 0.15) is 0 Å². The van der Waals surface area contributed by atoms with Gasteiger partial charge in [0.05, 0.1) is 6.61 Å². The molecule has 0 heterocycles. The van der Waals surface area contributed by atoms with E-state index in [1.54, 1.807) is 0 Å². The summed E-state index contributed by atoms with van der Waals surface area (Å²) in [6, 6.07) is 7.60. The maximum Gasteiger partial charge on any atom is 0.0694 e. The lowest BCUT2D eigenvalue weighted by Gasteiger charge is -2.03. The fourth-order valence-electron chi connectivity index (χ4n) is 1.42. The van der Waals surface area contributed by atoms with E-state index >= 15 is 0 Å². The van der Waals surface area contributed by atoms with E-state index in [1.165, 1.54) is 0 Å². The lowest BCUT2D eigenvalue weighted by Crippen LogP contribution is -1.96. The summed E-state index contributed by atoms with van der Waals surface area (Å²) in [5.41, 5.74) is 1.76. The molecule has 0 fully saturated rings. The van der Waals surface area contributed by atoms with E-state index in [1.807, 2.05) is 24.3 Å². The maximum atomic E-state index is 9.11. The van der Waals surface area contributed by atoms with Gasteiger partial charge in [-0.15, -0.1) is 0 Å². The SMILES string of the molecule is CC(CC#Cc1ccccc1CO)CCO. The minimum absolute atomic E-state index is 0.0248. The largest absolute Gasteiger partial charge is 0.396 e. The lowest BCUT2D eigenvalue weighted by molar-refractivity contribution is 0.264. The van der Waals surface area contributed by atoms with Crippen LogP contribution in [0.25, 0.3) is 0 Å². The second-order valence-corrected chi connectivity index (χ2v) is 3.94. The van der Waals surface area contributed by atoms with Crippen molar-refractivity contribution >= 4 is 0 Å². The van der Waals surface area contributed by atoms with Gasteiger partial charge in [0.15, 0.2) is 0 Å². The van der Waals surface area contributed by atoms with Crippen molar-refractivity contribution in [2.45, 2.75) is 26.4 Å². The first-order valence-corrected chi connectivity index (χ1v) is 5.56. The summed E-state index contributed by atoms with van der Waals surface area (Å²) in [6.45, 7) is 2.32. The predicted molar refractivity (Wildman–Crippen MR) is 64.7 cm³/mol. The van der Waals surface area contributed by atoms with Crippen molar-refractivity contribution < 1.29 is 10.2 Å². The Hall–Kier alpha value is -1.30. The molecule has 0 saturated heterocycles. The molecule has 1 aromatic carbocycles. The van der Waals surface area contributed by atoms with Gasteiger partial charge >= 0.3 is 0 Å². The standard InChI is InChI=1S/C14H18O2/c1-12(9-10-15)5-4-8-13-6-2-3-7-14(13)11-16/h2-3,6-7,12,15-16H,5,9-11H2,1H3. The van der Waals surface area contributed by atoms with Crippen LogP contribution in [0, 0.1) is 17.8 Å². The van der Waals surface area contributed by atoms with Crippen molar-refractivity contribution in [1.29, 1.82) is 0 Å². The highest BCUT2D eigenvalue weighted by atomic mass is 16.3. The molecule has 0 bridgehead atoms. The lowest BCUT2D eigenvalue weighted by atomic mass is 10.0. The summed E-state index contributed by atoms with van der Waals surface area (Å²) >= 11 is 0. The van der Waals surface area contributed by atoms with Crippen LogP contribution in [-0.2, 0) is 6.61 Å². The molecule has 2 heteroatoms. The van der Waals surface area contributed by atoms with Gasteiger partial charge in [-0.3, -0.25) is 0 Å². The van der Waals surface area contributed by atoms with Crippen LogP contribution in [0.4, 0.5) is 0 Å². The molecular weight excluding hydrogens is 200 g/mol. The Morgan fingerprint density at radius 2 is 2.00 bits per heavy atom. The predicted octanol–water partition coefficient (Wildman–Crippen LogP) is 1.94. The molecule has 2 N–H and O–H groups in total. The van der Waals surface area contributed by atoms with Gasteiger partial charge in [-0.2, -0.15) is 0 Å². The summed E-state index contributed by atoms with van der Waals surface area (Å²) in [7, 11) is 0. The summed E-state index contributed by atoms with van der Waals surface area (Å²) in [5, 5.41) is 17.9. The average molecular weight is 218 g/mol. The molecule has 16 heavy (non-hydrogen) atoms. The topological polar surface area (TPSA) is 40.5 Å². The summed E-state index contributed by atoms with van der Waals surface area (Å²) in [4.78, 5) is 0. The molecule has 0 amide bonds. The van der Waals surface area contributed by atoms with Crippen LogP contribution in [0.2, 0.25) is 0 Å². The van der Waals surface area contributed by atoms with Crippen molar-refractivity contribution in [2.75, 3.05) is 6.61 Å². The second-order valence-electron chi connectivity index (χ2n) is 3.94. The molecule has 1 unspecified atom stereocenters. The minimum Gasteiger partial charge on any atom is -0.396 e. The van der Waals surface area contributed by atoms with Crippen LogP contribution >= 0.6 is 0 Å². The first kappa shape index (κ1) is 12.8. The fourth-order valence-corrected chi connectivity index (χ4v) is 1.42. The van der Waals surface area contributed by atoms with Crippen molar-refractivity contribution in [1.82, 2.24) is 0 Å². The highest BCUT2D eigenvalue weighted by molar-refractivity contribution is 5.40. The Balaban J connectivity index is 2.62. The van der Waals surface area contributed by atoms with Crippen LogP contribution in [-0.4, -0.2) is 16.8 Å². The molecule has 1 aromatic rings. The average Bonchev–Trinajstić information content (AvgIpc) is 2.30. The molecule has 0 aromatic heterocycles. The molecule has 0 saturated carbocycles.